The Kier molecular flexibility index (Phi) is 5.12. The number of benzene rings is 1. The summed E-state index contributed by atoms with van der Waals surface area (Å²) in [5.41, 5.74) is -0.277. The summed E-state index contributed by atoms with van der Waals surface area (Å²) in [5.74, 6) is -1.89. The van der Waals surface area contributed by atoms with E-state index < -0.39 is 40.5 Å². The molecular weight excluding hydrogens is 529 g/mol. The summed E-state index contributed by atoms with van der Waals surface area (Å²) >= 11 is 6.38. The van der Waals surface area contributed by atoms with E-state index in [4.69, 9.17) is 21.3 Å². The van der Waals surface area contributed by atoms with Crippen molar-refractivity contribution >= 4 is 34.4 Å². The fourth-order valence-corrected chi connectivity index (χ4v) is 6.64. The van der Waals surface area contributed by atoms with Gasteiger partial charge in [0, 0.05) is 22.6 Å². The molecule has 1 amide bonds. The molecule has 7 rings (SSSR count). The second kappa shape index (κ2) is 8.09. The van der Waals surface area contributed by atoms with Crippen LogP contribution in [0.5, 0.6) is 0 Å². The van der Waals surface area contributed by atoms with Crippen LogP contribution in [0.1, 0.15) is 72.9 Å². The third-order valence-corrected chi connectivity index (χ3v) is 9.00. The molecule has 0 radical (unpaired) electrons. The monoisotopic (exact) mass is 553 g/mol. The fourth-order valence-electron chi connectivity index (χ4n) is 6.40. The molecule has 3 aromatic rings. The molecule has 1 fully saturated rings. The van der Waals surface area contributed by atoms with Crippen LogP contribution in [0.15, 0.2) is 16.9 Å². The molecule has 0 unspecified atom stereocenters. The Labute approximate surface area is 226 Å². The molecule has 4 heterocycles. The summed E-state index contributed by atoms with van der Waals surface area (Å²) in [6, 6.07) is 2.34. The maximum Gasteiger partial charge on any atom is 0.343 e. The van der Waals surface area contributed by atoms with Crippen molar-refractivity contribution in [3.05, 3.63) is 61.1 Å². The topological polar surface area (TPSA) is 131 Å². The number of aromatic nitrogens is 2. The summed E-state index contributed by atoms with van der Waals surface area (Å²) in [7, 11) is 0. The van der Waals surface area contributed by atoms with Gasteiger partial charge in [0.15, 0.2) is 5.60 Å². The maximum absolute atomic E-state index is 14.9. The molecule has 39 heavy (non-hydrogen) atoms. The van der Waals surface area contributed by atoms with E-state index in [9.17, 15) is 29.0 Å². The number of nitrogens with one attached hydrogen (secondary N) is 1. The third kappa shape index (κ3) is 3.31. The van der Waals surface area contributed by atoms with Crippen LogP contribution >= 0.6 is 11.6 Å². The number of fused-ring (bicyclic) bond motifs is 5. The summed E-state index contributed by atoms with van der Waals surface area (Å²) in [4.78, 5) is 44.0. The lowest BCUT2D eigenvalue weighted by Crippen LogP contribution is -2.44. The minimum Gasteiger partial charge on any atom is -0.458 e. The number of hydrogen-bond acceptors (Lipinski definition) is 7. The van der Waals surface area contributed by atoms with Crippen molar-refractivity contribution in [1.29, 1.82) is 0 Å². The summed E-state index contributed by atoms with van der Waals surface area (Å²) < 4.78 is 21.6. The molecule has 0 spiro atoms. The Hall–Kier alpha value is -3.34. The van der Waals surface area contributed by atoms with E-state index in [1.165, 1.54) is 10.6 Å². The van der Waals surface area contributed by atoms with Crippen molar-refractivity contribution in [2.75, 3.05) is 0 Å². The molecule has 202 valence electrons. The number of aryl methyl sites for hydroxylation is 1. The Balaban J connectivity index is 1.48. The van der Waals surface area contributed by atoms with Crippen LogP contribution in [-0.4, -0.2) is 37.2 Å². The van der Waals surface area contributed by atoms with E-state index in [1.807, 2.05) is 6.92 Å². The van der Waals surface area contributed by atoms with E-state index in [0.29, 0.717) is 71.1 Å². The lowest BCUT2D eigenvalue weighted by molar-refractivity contribution is -0.172. The van der Waals surface area contributed by atoms with Gasteiger partial charge in [-0.3, -0.25) is 9.59 Å². The normalized spacial score (nSPS) is 23.6. The van der Waals surface area contributed by atoms with Crippen molar-refractivity contribution in [1.82, 2.24) is 14.9 Å². The number of nitrogens with zero attached hydrogens (tertiary/aromatic N) is 2. The largest absolute Gasteiger partial charge is 0.458 e. The lowest BCUT2D eigenvalue weighted by atomic mass is 9.83. The highest BCUT2D eigenvalue weighted by molar-refractivity contribution is 6.32. The second-order valence-corrected chi connectivity index (χ2v) is 11.4. The van der Waals surface area contributed by atoms with Gasteiger partial charge in [0.1, 0.15) is 18.0 Å². The highest BCUT2D eigenvalue weighted by atomic mass is 35.5. The van der Waals surface area contributed by atoms with Gasteiger partial charge in [0.25, 0.3) is 11.5 Å². The molecule has 2 aliphatic carbocycles. The molecular formula is C28H25ClFN3O6. The van der Waals surface area contributed by atoms with Gasteiger partial charge >= 0.3 is 5.97 Å². The number of rotatable bonds is 4. The number of esters is 1. The van der Waals surface area contributed by atoms with Crippen molar-refractivity contribution in [3.63, 3.8) is 0 Å². The third-order valence-electron chi connectivity index (χ3n) is 8.59. The predicted octanol–water partition coefficient (Wildman–Crippen LogP) is 2.89. The first-order valence-corrected chi connectivity index (χ1v) is 13.5. The number of carbonyl (C=O) groups is 2. The lowest BCUT2D eigenvalue weighted by Gasteiger charge is -2.32. The average molecular weight is 554 g/mol. The predicted molar refractivity (Wildman–Crippen MR) is 137 cm³/mol. The highest BCUT2D eigenvalue weighted by Gasteiger charge is 2.50. The first kappa shape index (κ1) is 24.7. The molecule has 1 saturated carbocycles. The molecule has 4 aliphatic rings. The molecule has 0 bridgehead atoms. The average Bonchev–Trinajstić information content (AvgIpc) is 3.56. The number of halogens is 2. The Morgan fingerprint density at radius 2 is 2.03 bits per heavy atom. The van der Waals surface area contributed by atoms with Gasteiger partial charge in [-0.25, -0.2) is 14.2 Å². The molecule has 9 nitrogen and oxygen atoms in total. The van der Waals surface area contributed by atoms with E-state index in [1.54, 1.807) is 6.07 Å². The molecule has 2 aromatic heterocycles. The van der Waals surface area contributed by atoms with Crippen LogP contribution in [0.2, 0.25) is 5.02 Å². The number of carbonyl (C=O) groups excluding carboxylic acids is 2. The Morgan fingerprint density at radius 3 is 2.74 bits per heavy atom. The molecule has 2 atom stereocenters. The standard InChI is InChI=1S/C28H25ClFN3O6/c1-2-5-28(38)15-8-19-23-13(10-33(19)24(34)14(15)11-39-26(28)36)21-17(32-25(35)27(37)6-7-27)4-3-12-20(21)18(31-23)9-16(30)22(12)29/h8-9,17,37-38H,2-7,10-11H2,1H3,(H,32,35)/t17-,28-/m0/s1. The van der Waals surface area contributed by atoms with Crippen LogP contribution in [0.3, 0.4) is 0 Å². The van der Waals surface area contributed by atoms with E-state index in [2.05, 4.69) is 5.32 Å². The molecule has 3 N–H and O–H groups in total. The molecule has 1 aromatic carbocycles. The van der Waals surface area contributed by atoms with Gasteiger partial charge in [0.05, 0.1) is 40.1 Å². The van der Waals surface area contributed by atoms with E-state index in [0.717, 1.165) is 0 Å². The minimum atomic E-state index is -1.96. The zero-order chi connectivity index (χ0) is 27.4. The summed E-state index contributed by atoms with van der Waals surface area (Å²) in [6.07, 6.45) is 2.14. The van der Waals surface area contributed by atoms with Gasteiger partial charge in [-0.1, -0.05) is 24.9 Å². The van der Waals surface area contributed by atoms with Crippen molar-refractivity contribution in [3.8, 4) is 11.4 Å². The fraction of sp³-hybridized carbons (Fsp3) is 0.429. The van der Waals surface area contributed by atoms with Gasteiger partial charge in [0.2, 0.25) is 0 Å². The number of aliphatic hydroxyl groups is 2. The summed E-state index contributed by atoms with van der Waals surface area (Å²) in [5, 5.41) is 25.3. The maximum atomic E-state index is 14.9. The van der Waals surface area contributed by atoms with E-state index in [-0.39, 0.29) is 35.7 Å². The number of pyridine rings is 2. The molecule has 11 heteroatoms. The SMILES string of the molecule is CCC[C@@]1(O)C(=O)OCc2c1cc1n(c2=O)Cc2c-1nc1cc(F)c(Cl)c3c1c2[C@@H](NC(=O)C1(O)CC1)CC3. The van der Waals surface area contributed by atoms with Crippen LogP contribution < -0.4 is 10.9 Å². The van der Waals surface area contributed by atoms with Crippen LogP contribution in [0.25, 0.3) is 22.3 Å². The molecule has 2 aliphatic heterocycles. The Bertz CT molecular complexity index is 1710. The Morgan fingerprint density at radius 1 is 1.26 bits per heavy atom. The van der Waals surface area contributed by atoms with Gasteiger partial charge in [-0.2, -0.15) is 0 Å². The van der Waals surface area contributed by atoms with E-state index >= 15 is 0 Å². The summed E-state index contributed by atoms with van der Waals surface area (Å²) in [6.45, 7) is 1.69. The van der Waals surface area contributed by atoms with Crippen LogP contribution in [0, 0.1) is 5.82 Å². The second-order valence-electron chi connectivity index (χ2n) is 11.0. The number of hydrogen-bond donors (Lipinski definition) is 3. The van der Waals surface area contributed by atoms with Gasteiger partial charge in [-0.05, 0) is 49.3 Å². The smallest absolute Gasteiger partial charge is 0.343 e. The quantitative estimate of drug-likeness (QED) is 0.331. The van der Waals surface area contributed by atoms with Gasteiger partial charge < -0.3 is 24.8 Å². The number of cyclic esters (lactones) is 1. The number of amides is 1. The highest BCUT2D eigenvalue weighted by Crippen LogP contribution is 2.47. The minimum absolute atomic E-state index is 0.000434. The van der Waals surface area contributed by atoms with Crippen LogP contribution in [-0.2, 0) is 39.5 Å². The van der Waals surface area contributed by atoms with Crippen molar-refractivity contribution in [2.24, 2.45) is 0 Å². The van der Waals surface area contributed by atoms with Crippen LogP contribution in [0.4, 0.5) is 4.39 Å². The molecule has 0 saturated heterocycles. The zero-order valence-electron chi connectivity index (χ0n) is 21.1. The van der Waals surface area contributed by atoms with Gasteiger partial charge in [-0.15, -0.1) is 0 Å². The first-order valence-electron chi connectivity index (χ1n) is 13.1. The van der Waals surface area contributed by atoms with Crippen molar-refractivity contribution < 1.29 is 28.9 Å². The zero-order valence-corrected chi connectivity index (χ0v) is 21.8. The van der Waals surface area contributed by atoms with Crippen molar-refractivity contribution in [2.45, 2.75) is 75.8 Å². The number of ether oxygens (including phenoxy) is 1. The first-order chi connectivity index (χ1) is 18.6.